The molecule has 2 rings (SSSR count). The van der Waals surface area contributed by atoms with Gasteiger partial charge in [-0.25, -0.2) is 0 Å². The molecule has 1 unspecified atom stereocenters. The van der Waals surface area contributed by atoms with E-state index in [1.54, 1.807) is 4.90 Å². The molecule has 5 nitrogen and oxygen atoms in total. The summed E-state index contributed by atoms with van der Waals surface area (Å²) in [6.45, 7) is 8.88. The Balaban J connectivity index is 1.67. The first-order valence-electron chi connectivity index (χ1n) is 8.83. The molecular formula is C17H31N3O2. The second-order valence-electron chi connectivity index (χ2n) is 6.88. The molecule has 0 aromatic rings. The molecule has 0 spiro atoms. The van der Waals surface area contributed by atoms with Gasteiger partial charge in [-0.05, 0) is 46.5 Å². The molecule has 0 aromatic heterocycles. The molecule has 2 heterocycles. The van der Waals surface area contributed by atoms with E-state index in [1.807, 2.05) is 6.92 Å². The number of nitrogens with zero attached hydrogens (tertiary/aromatic N) is 2. The van der Waals surface area contributed by atoms with E-state index in [2.05, 4.69) is 24.1 Å². The maximum atomic E-state index is 12.1. The van der Waals surface area contributed by atoms with Gasteiger partial charge in [-0.1, -0.05) is 6.42 Å². The van der Waals surface area contributed by atoms with Gasteiger partial charge in [0.15, 0.2) is 0 Å². The van der Waals surface area contributed by atoms with Crippen LogP contribution in [0.5, 0.6) is 0 Å². The fourth-order valence-corrected chi connectivity index (χ4v) is 3.76. The number of hydrogen-bond donors (Lipinski definition) is 1. The minimum atomic E-state index is -0.331. The Kier molecular flexibility index (Phi) is 6.24. The van der Waals surface area contributed by atoms with E-state index in [1.165, 1.54) is 19.3 Å². The Morgan fingerprint density at radius 2 is 1.95 bits per heavy atom. The van der Waals surface area contributed by atoms with Gasteiger partial charge in [-0.15, -0.1) is 0 Å². The fourth-order valence-electron chi connectivity index (χ4n) is 3.76. The van der Waals surface area contributed by atoms with Gasteiger partial charge in [0.05, 0.1) is 0 Å². The van der Waals surface area contributed by atoms with E-state index in [9.17, 15) is 9.59 Å². The van der Waals surface area contributed by atoms with E-state index in [0.29, 0.717) is 25.0 Å². The number of piperidine rings is 1. The van der Waals surface area contributed by atoms with Crippen LogP contribution in [-0.4, -0.2) is 59.4 Å². The van der Waals surface area contributed by atoms with Crippen LogP contribution in [0.25, 0.3) is 0 Å². The topological polar surface area (TPSA) is 52.7 Å². The third-order valence-electron chi connectivity index (χ3n) is 5.23. The molecule has 126 valence electrons. The molecule has 0 aliphatic carbocycles. The van der Waals surface area contributed by atoms with Crippen LogP contribution < -0.4 is 5.32 Å². The maximum Gasteiger partial charge on any atom is 0.242 e. The lowest BCUT2D eigenvalue weighted by Crippen LogP contribution is -2.47. The van der Waals surface area contributed by atoms with Crippen LogP contribution in [0.1, 0.15) is 59.3 Å². The number of carbonyl (C=O) groups excluding carboxylic acids is 2. The molecule has 0 saturated carbocycles. The van der Waals surface area contributed by atoms with Crippen LogP contribution in [0.4, 0.5) is 0 Å². The normalized spacial score (nSPS) is 28.0. The molecule has 22 heavy (non-hydrogen) atoms. The van der Waals surface area contributed by atoms with Crippen molar-refractivity contribution in [2.45, 2.75) is 77.4 Å². The Hall–Kier alpha value is -1.10. The summed E-state index contributed by atoms with van der Waals surface area (Å²) in [6, 6.07) is 0.976. The summed E-state index contributed by atoms with van der Waals surface area (Å²) in [5.41, 5.74) is 0. The van der Waals surface area contributed by atoms with E-state index < -0.39 is 0 Å². The number of rotatable bonds is 6. The number of nitrogens with one attached hydrogen (secondary N) is 1. The highest BCUT2D eigenvalue weighted by Gasteiger charge is 2.29. The molecule has 2 amide bonds. The van der Waals surface area contributed by atoms with Crippen molar-refractivity contribution in [3.05, 3.63) is 0 Å². The van der Waals surface area contributed by atoms with Crippen molar-refractivity contribution in [3.8, 4) is 0 Å². The van der Waals surface area contributed by atoms with Gasteiger partial charge >= 0.3 is 0 Å². The molecular weight excluding hydrogens is 278 g/mol. The SMILES string of the molecule is CC(C(=O)NCCCN1[C@H](C)CCC[C@@H]1C)N1CCCC1=O. The quantitative estimate of drug-likeness (QED) is 0.761. The summed E-state index contributed by atoms with van der Waals surface area (Å²) in [6.07, 6.45) is 6.33. The van der Waals surface area contributed by atoms with Crippen molar-refractivity contribution in [3.63, 3.8) is 0 Å². The average Bonchev–Trinajstić information content (AvgIpc) is 2.91. The number of likely N-dealkylation sites (tertiary alicyclic amines) is 2. The van der Waals surface area contributed by atoms with Crippen molar-refractivity contribution in [2.75, 3.05) is 19.6 Å². The van der Waals surface area contributed by atoms with Crippen LogP contribution >= 0.6 is 0 Å². The van der Waals surface area contributed by atoms with Gasteiger partial charge in [-0.2, -0.15) is 0 Å². The molecule has 5 heteroatoms. The minimum absolute atomic E-state index is 0.0185. The molecule has 2 fully saturated rings. The summed E-state index contributed by atoms with van der Waals surface area (Å²) in [5.74, 6) is 0.0913. The van der Waals surface area contributed by atoms with Gasteiger partial charge in [0.2, 0.25) is 11.8 Å². The molecule has 1 N–H and O–H groups in total. The summed E-state index contributed by atoms with van der Waals surface area (Å²) in [4.78, 5) is 28.1. The zero-order valence-electron chi connectivity index (χ0n) is 14.3. The first-order chi connectivity index (χ1) is 10.5. The molecule has 0 aromatic carbocycles. The van der Waals surface area contributed by atoms with Crippen molar-refractivity contribution in [2.24, 2.45) is 0 Å². The monoisotopic (exact) mass is 309 g/mol. The summed E-state index contributed by atoms with van der Waals surface area (Å²) < 4.78 is 0. The summed E-state index contributed by atoms with van der Waals surface area (Å²) in [5, 5.41) is 2.99. The van der Waals surface area contributed by atoms with Crippen molar-refractivity contribution in [1.29, 1.82) is 0 Å². The summed E-state index contributed by atoms with van der Waals surface area (Å²) >= 11 is 0. The standard InChI is InChI=1S/C17H31N3O2/c1-13-7-4-8-14(2)19(13)12-6-10-18-17(22)15(3)20-11-5-9-16(20)21/h13-15H,4-12H2,1-3H3,(H,18,22)/t13-,14+,15?. The second-order valence-corrected chi connectivity index (χ2v) is 6.88. The third-order valence-corrected chi connectivity index (χ3v) is 5.23. The highest BCUT2D eigenvalue weighted by molar-refractivity contribution is 5.88. The van der Waals surface area contributed by atoms with Gasteiger partial charge in [0, 0.05) is 38.1 Å². The molecule has 0 bridgehead atoms. The van der Waals surface area contributed by atoms with Crippen molar-refractivity contribution in [1.82, 2.24) is 15.1 Å². The van der Waals surface area contributed by atoms with Crippen molar-refractivity contribution < 1.29 is 9.59 Å². The van der Waals surface area contributed by atoms with E-state index >= 15 is 0 Å². The Morgan fingerprint density at radius 1 is 1.27 bits per heavy atom. The lowest BCUT2D eigenvalue weighted by atomic mass is 9.97. The maximum absolute atomic E-state index is 12.1. The second kappa shape index (κ2) is 7.95. The highest BCUT2D eigenvalue weighted by atomic mass is 16.2. The smallest absolute Gasteiger partial charge is 0.242 e. The average molecular weight is 309 g/mol. The number of hydrogen-bond acceptors (Lipinski definition) is 3. The van der Waals surface area contributed by atoms with E-state index in [-0.39, 0.29) is 17.9 Å². The van der Waals surface area contributed by atoms with Gasteiger partial charge in [-0.3, -0.25) is 14.5 Å². The Bertz CT molecular complexity index is 389. The largest absolute Gasteiger partial charge is 0.354 e. The first-order valence-corrected chi connectivity index (χ1v) is 8.83. The van der Waals surface area contributed by atoms with E-state index in [4.69, 9.17) is 0 Å². The van der Waals surface area contributed by atoms with Crippen LogP contribution in [0.3, 0.4) is 0 Å². The van der Waals surface area contributed by atoms with Gasteiger partial charge < -0.3 is 10.2 Å². The fraction of sp³-hybridized carbons (Fsp3) is 0.882. The van der Waals surface area contributed by atoms with Gasteiger partial charge in [0.25, 0.3) is 0 Å². The Labute approximate surface area is 134 Å². The van der Waals surface area contributed by atoms with Crippen LogP contribution in [0.2, 0.25) is 0 Å². The zero-order chi connectivity index (χ0) is 16.1. The molecule has 2 saturated heterocycles. The Morgan fingerprint density at radius 3 is 2.55 bits per heavy atom. The molecule has 2 aliphatic rings. The van der Waals surface area contributed by atoms with E-state index in [0.717, 1.165) is 25.9 Å². The van der Waals surface area contributed by atoms with Crippen LogP contribution in [0.15, 0.2) is 0 Å². The molecule has 0 radical (unpaired) electrons. The zero-order valence-corrected chi connectivity index (χ0v) is 14.3. The van der Waals surface area contributed by atoms with Crippen LogP contribution in [-0.2, 0) is 9.59 Å². The predicted octanol–water partition coefficient (Wildman–Crippen LogP) is 1.77. The highest BCUT2D eigenvalue weighted by Crippen LogP contribution is 2.22. The first kappa shape index (κ1) is 17.3. The van der Waals surface area contributed by atoms with Gasteiger partial charge in [0.1, 0.15) is 6.04 Å². The summed E-state index contributed by atoms with van der Waals surface area (Å²) in [7, 11) is 0. The third kappa shape index (κ3) is 4.22. The predicted molar refractivity (Wildman–Crippen MR) is 87.5 cm³/mol. The molecule has 2 aliphatic heterocycles. The number of amides is 2. The lowest BCUT2D eigenvalue weighted by Gasteiger charge is -2.39. The molecule has 3 atom stereocenters. The minimum Gasteiger partial charge on any atom is -0.354 e. The number of carbonyl (C=O) groups is 2. The van der Waals surface area contributed by atoms with Crippen molar-refractivity contribution >= 4 is 11.8 Å². The van der Waals surface area contributed by atoms with Crippen LogP contribution in [0, 0.1) is 0 Å². The lowest BCUT2D eigenvalue weighted by molar-refractivity contribution is -0.136.